The highest BCUT2D eigenvalue weighted by Gasteiger charge is 2.33. The fourth-order valence-corrected chi connectivity index (χ4v) is 5.48. The van der Waals surface area contributed by atoms with Crippen LogP contribution in [0.2, 0.25) is 5.02 Å². The number of pyridine rings is 1. The number of benzene rings is 3. The van der Waals surface area contributed by atoms with Gasteiger partial charge in [0.05, 0.1) is 26.6 Å². The van der Waals surface area contributed by atoms with Gasteiger partial charge in [0.25, 0.3) is 0 Å². The molecular weight excluding hydrogens is 491 g/mol. The summed E-state index contributed by atoms with van der Waals surface area (Å²) in [6, 6.07) is 13.9. The molecule has 4 rings (SSSR count). The SMILES string of the molecule is CS(=O)(=O)c1c(Cl)ccc(C(=O)O)c1-c1cccc(-c2ccnc3c(C(F)(F)F)cccc23)c1. The van der Waals surface area contributed by atoms with Gasteiger partial charge in [-0.3, -0.25) is 4.98 Å². The van der Waals surface area contributed by atoms with Gasteiger partial charge in [0, 0.05) is 23.4 Å². The number of aromatic nitrogens is 1. The summed E-state index contributed by atoms with van der Waals surface area (Å²) in [4.78, 5) is 15.5. The average molecular weight is 506 g/mol. The molecule has 0 saturated heterocycles. The van der Waals surface area contributed by atoms with E-state index in [9.17, 15) is 31.5 Å². The maximum atomic E-state index is 13.5. The van der Waals surface area contributed by atoms with E-state index in [0.29, 0.717) is 11.1 Å². The van der Waals surface area contributed by atoms with Crippen molar-refractivity contribution in [3.8, 4) is 22.3 Å². The number of hydrogen-bond donors (Lipinski definition) is 1. The smallest absolute Gasteiger partial charge is 0.418 e. The van der Waals surface area contributed by atoms with Crippen LogP contribution in [0.25, 0.3) is 33.2 Å². The second kappa shape index (κ2) is 8.41. The minimum absolute atomic E-state index is 0.0984. The van der Waals surface area contributed by atoms with Crippen LogP contribution in [0.5, 0.6) is 0 Å². The molecule has 4 aromatic rings. The number of halogens is 4. The van der Waals surface area contributed by atoms with Crippen molar-refractivity contribution >= 4 is 38.3 Å². The molecule has 34 heavy (non-hydrogen) atoms. The van der Waals surface area contributed by atoms with Gasteiger partial charge in [-0.15, -0.1) is 0 Å². The van der Waals surface area contributed by atoms with Crippen LogP contribution in [0.1, 0.15) is 15.9 Å². The zero-order valence-corrected chi connectivity index (χ0v) is 19.0. The van der Waals surface area contributed by atoms with E-state index in [1.54, 1.807) is 12.1 Å². The maximum Gasteiger partial charge on any atom is 0.418 e. The van der Waals surface area contributed by atoms with Crippen molar-refractivity contribution in [3.05, 3.63) is 83.0 Å². The van der Waals surface area contributed by atoms with Crippen LogP contribution >= 0.6 is 11.6 Å². The van der Waals surface area contributed by atoms with Crippen LogP contribution in [0.3, 0.4) is 0 Å². The number of carbonyl (C=O) groups is 1. The molecule has 0 aliphatic heterocycles. The van der Waals surface area contributed by atoms with Crippen LogP contribution < -0.4 is 0 Å². The van der Waals surface area contributed by atoms with Crippen molar-refractivity contribution in [3.63, 3.8) is 0 Å². The summed E-state index contributed by atoms with van der Waals surface area (Å²) in [6.07, 6.45) is -2.43. The van der Waals surface area contributed by atoms with Crippen LogP contribution in [-0.2, 0) is 16.0 Å². The number of sulfone groups is 1. The predicted molar refractivity (Wildman–Crippen MR) is 123 cm³/mol. The van der Waals surface area contributed by atoms with Crippen LogP contribution in [0, 0.1) is 0 Å². The second-order valence-electron chi connectivity index (χ2n) is 7.52. The third kappa shape index (κ3) is 4.24. The molecule has 10 heteroatoms. The molecule has 0 amide bonds. The molecule has 0 fully saturated rings. The fourth-order valence-electron chi connectivity index (χ4n) is 3.88. The molecule has 0 aliphatic carbocycles. The van der Waals surface area contributed by atoms with E-state index in [4.69, 9.17) is 11.6 Å². The van der Waals surface area contributed by atoms with Crippen molar-refractivity contribution in [1.29, 1.82) is 0 Å². The van der Waals surface area contributed by atoms with Gasteiger partial charge in [0.1, 0.15) is 0 Å². The number of carboxylic acids is 1. The number of aromatic carboxylic acids is 1. The second-order valence-corrected chi connectivity index (χ2v) is 9.87. The van der Waals surface area contributed by atoms with Crippen LogP contribution in [0.15, 0.2) is 71.8 Å². The summed E-state index contributed by atoms with van der Waals surface area (Å²) in [5.41, 5.74) is -0.402. The highest BCUT2D eigenvalue weighted by Crippen LogP contribution is 2.40. The molecule has 0 spiro atoms. The van der Waals surface area contributed by atoms with Gasteiger partial charge < -0.3 is 5.11 Å². The fraction of sp³-hybridized carbons (Fsp3) is 0.0833. The van der Waals surface area contributed by atoms with Gasteiger partial charge in [0.15, 0.2) is 9.84 Å². The number of fused-ring (bicyclic) bond motifs is 1. The number of para-hydroxylation sites is 1. The van der Waals surface area contributed by atoms with Gasteiger partial charge in [-0.1, -0.05) is 41.9 Å². The van der Waals surface area contributed by atoms with Crippen molar-refractivity contribution in [2.45, 2.75) is 11.1 Å². The molecule has 5 nitrogen and oxygen atoms in total. The van der Waals surface area contributed by atoms with Gasteiger partial charge in [0.2, 0.25) is 0 Å². The van der Waals surface area contributed by atoms with Crippen molar-refractivity contribution < 1.29 is 31.5 Å². The quantitative estimate of drug-likeness (QED) is 0.350. The molecule has 0 aliphatic rings. The number of rotatable bonds is 4. The zero-order chi connectivity index (χ0) is 24.8. The maximum absolute atomic E-state index is 13.5. The van der Waals surface area contributed by atoms with Crippen molar-refractivity contribution in [2.24, 2.45) is 0 Å². The van der Waals surface area contributed by atoms with E-state index in [1.165, 1.54) is 48.7 Å². The van der Waals surface area contributed by atoms with Crippen LogP contribution in [-0.4, -0.2) is 30.7 Å². The van der Waals surface area contributed by atoms with Crippen LogP contribution in [0.4, 0.5) is 13.2 Å². The summed E-state index contributed by atoms with van der Waals surface area (Å²) in [6.45, 7) is 0. The highest BCUT2D eigenvalue weighted by molar-refractivity contribution is 7.91. The Bertz CT molecular complexity index is 1570. The molecule has 0 bridgehead atoms. The lowest BCUT2D eigenvalue weighted by atomic mass is 9.94. The Kier molecular flexibility index (Phi) is 5.87. The number of carboxylic acid groups (broad SMARTS) is 1. The van der Waals surface area contributed by atoms with Crippen molar-refractivity contribution in [1.82, 2.24) is 4.98 Å². The normalized spacial score (nSPS) is 12.1. The molecule has 1 heterocycles. The van der Waals surface area contributed by atoms with Gasteiger partial charge in [-0.2, -0.15) is 13.2 Å². The Labute approximate surface area is 197 Å². The number of nitrogens with zero attached hydrogens (tertiary/aromatic N) is 1. The summed E-state index contributed by atoms with van der Waals surface area (Å²) in [7, 11) is -3.93. The summed E-state index contributed by atoms with van der Waals surface area (Å²) in [5, 5.41) is 9.79. The lowest BCUT2D eigenvalue weighted by Crippen LogP contribution is -2.08. The molecule has 1 N–H and O–H groups in total. The van der Waals surface area contributed by atoms with Crippen molar-refractivity contribution in [2.75, 3.05) is 6.26 Å². The van der Waals surface area contributed by atoms with E-state index in [0.717, 1.165) is 12.3 Å². The first-order chi connectivity index (χ1) is 15.9. The Morgan fingerprint density at radius 3 is 2.32 bits per heavy atom. The summed E-state index contributed by atoms with van der Waals surface area (Å²) in [5.74, 6) is -1.36. The van der Waals surface area contributed by atoms with E-state index in [-0.39, 0.29) is 37.5 Å². The Balaban J connectivity index is 2.02. The van der Waals surface area contributed by atoms with Gasteiger partial charge >= 0.3 is 12.1 Å². The first-order valence-corrected chi connectivity index (χ1v) is 12.0. The lowest BCUT2D eigenvalue weighted by Gasteiger charge is -2.16. The third-order valence-corrected chi connectivity index (χ3v) is 6.84. The molecule has 174 valence electrons. The minimum Gasteiger partial charge on any atom is -0.478 e. The Morgan fingerprint density at radius 2 is 1.68 bits per heavy atom. The first-order valence-electron chi connectivity index (χ1n) is 9.71. The standard InChI is InChI=1S/C24H15ClF3NO4S/c1-34(32,33)22-19(25)9-8-17(23(30)31)20(22)14-5-2-4-13(12-14)15-10-11-29-21-16(15)6-3-7-18(21)24(26,27)28/h2-12H,1H3,(H,30,31). The molecule has 0 radical (unpaired) electrons. The van der Waals surface area contributed by atoms with E-state index >= 15 is 0 Å². The Hall–Kier alpha value is -3.43. The molecule has 0 unspecified atom stereocenters. The van der Waals surface area contributed by atoms with Gasteiger partial charge in [-0.05, 0) is 47.0 Å². The zero-order valence-electron chi connectivity index (χ0n) is 17.4. The molecule has 0 atom stereocenters. The number of alkyl halides is 3. The monoisotopic (exact) mass is 505 g/mol. The summed E-state index contributed by atoms with van der Waals surface area (Å²) >= 11 is 6.15. The van der Waals surface area contributed by atoms with E-state index < -0.39 is 27.5 Å². The average Bonchev–Trinajstić information content (AvgIpc) is 2.76. The lowest BCUT2D eigenvalue weighted by molar-refractivity contribution is -0.136. The highest BCUT2D eigenvalue weighted by atomic mass is 35.5. The summed E-state index contributed by atoms with van der Waals surface area (Å²) < 4.78 is 65.4. The molecule has 3 aromatic carbocycles. The largest absolute Gasteiger partial charge is 0.478 e. The van der Waals surface area contributed by atoms with E-state index in [2.05, 4.69) is 4.98 Å². The third-order valence-electron chi connectivity index (χ3n) is 5.25. The topological polar surface area (TPSA) is 84.3 Å². The predicted octanol–water partition coefficient (Wildman–Crippen LogP) is 6.34. The minimum atomic E-state index is -4.60. The van der Waals surface area contributed by atoms with Gasteiger partial charge in [-0.25, -0.2) is 13.2 Å². The van der Waals surface area contributed by atoms with E-state index in [1.807, 2.05) is 0 Å². The Morgan fingerprint density at radius 1 is 1.00 bits per heavy atom. The molecule has 1 aromatic heterocycles. The molecular formula is C24H15ClF3NO4S. The first kappa shape index (κ1) is 23.7. The number of hydrogen-bond acceptors (Lipinski definition) is 4. The molecule has 0 saturated carbocycles.